The molecule has 0 bridgehead atoms. The Morgan fingerprint density at radius 2 is 1.48 bits per heavy atom. The second kappa shape index (κ2) is 8.98. The molecule has 1 aliphatic rings. The van der Waals surface area contributed by atoms with E-state index in [0.29, 0.717) is 5.92 Å². The van der Waals surface area contributed by atoms with Crippen LogP contribution < -0.4 is 0 Å². The molecule has 2 heteroatoms. The van der Waals surface area contributed by atoms with Gasteiger partial charge in [0.15, 0.2) is 0 Å². The lowest BCUT2D eigenvalue weighted by Crippen LogP contribution is -2.45. The minimum atomic E-state index is 0.613. The molecule has 2 aromatic carbocycles. The molecule has 2 nitrogen and oxygen atoms in total. The Labute approximate surface area is 152 Å². The number of piperazine rings is 1. The lowest BCUT2D eigenvalue weighted by atomic mass is 10.0. The number of hydrogen-bond donors (Lipinski definition) is 0. The molecule has 3 rings (SSSR count). The second-order valence-electron chi connectivity index (χ2n) is 7.29. The van der Waals surface area contributed by atoms with Crippen molar-refractivity contribution in [3.63, 3.8) is 0 Å². The Bertz CT molecular complexity index is 650. The standard InChI is InChI=1S/C23H30N2/c1-20(2)23-12-10-22(11-13-23)19-25-17-15-24(16-18-25)14-6-9-21-7-4-3-5-8-21/h3-13,20H,14-19H2,1-2H3. The maximum atomic E-state index is 2.57. The topological polar surface area (TPSA) is 6.48 Å². The fourth-order valence-corrected chi connectivity index (χ4v) is 3.30. The maximum Gasteiger partial charge on any atom is 0.0234 e. The third-order valence-corrected chi connectivity index (χ3v) is 4.99. The van der Waals surface area contributed by atoms with Gasteiger partial charge in [-0.15, -0.1) is 0 Å². The highest BCUT2D eigenvalue weighted by molar-refractivity contribution is 5.48. The van der Waals surface area contributed by atoms with Gasteiger partial charge in [0, 0.05) is 39.3 Å². The molecule has 1 saturated heterocycles. The summed E-state index contributed by atoms with van der Waals surface area (Å²) in [5.41, 5.74) is 4.14. The van der Waals surface area contributed by atoms with Gasteiger partial charge in [-0.25, -0.2) is 0 Å². The van der Waals surface area contributed by atoms with Gasteiger partial charge < -0.3 is 0 Å². The third-order valence-electron chi connectivity index (χ3n) is 4.99. The summed E-state index contributed by atoms with van der Waals surface area (Å²) in [6.45, 7) is 11.3. The van der Waals surface area contributed by atoms with Crippen molar-refractivity contribution in [2.24, 2.45) is 0 Å². The van der Waals surface area contributed by atoms with Crippen molar-refractivity contribution in [1.29, 1.82) is 0 Å². The smallest absolute Gasteiger partial charge is 0.0234 e. The summed E-state index contributed by atoms with van der Waals surface area (Å²) in [6, 6.07) is 19.7. The molecule has 0 spiro atoms. The van der Waals surface area contributed by atoms with Gasteiger partial charge >= 0.3 is 0 Å². The molecule has 0 amide bonds. The molecule has 1 heterocycles. The zero-order valence-electron chi connectivity index (χ0n) is 15.6. The molecule has 2 aromatic rings. The Balaban J connectivity index is 1.42. The summed E-state index contributed by atoms with van der Waals surface area (Å²) in [5, 5.41) is 0. The highest BCUT2D eigenvalue weighted by Crippen LogP contribution is 2.16. The van der Waals surface area contributed by atoms with Crippen molar-refractivity contribution in [2.75, 3.05) is 32.7 Å². The van der Waals surface area contributed by atoms with Gasteiger partial charge in [-0.1, -0.05) is 80.6 Å². The van der Waals surface area contributed by atoms with Crippen LogP contribution in [0.1, 0.15) is 36.5 Å². The number of hydrogen-bond acceptors (Lipinski definition) is 2. The Morgan fingerprint density at radius 3 is 2.12 bits per heavy atom. The number of nitrogens with zero attached hydrogens (tertiary/aromatic N) is 2. The van der Waals surface area contributed by atoms with E-state index < -0.39 is 0 Å². The van der Waals surface area contributed by atoms with Crippen molar-refractivity contribution in [1.82, 2.24) is 9.80 Å². The van der Waals surface area contributed by atoms with Gasteiger partial charge in [0.05, 0.1) is 0 Å². The highest BCUT2D eigenvalue weighted by Gasteiger charge is 2.15. The van der Waals surface area contributed by atoms with Crippen LogP contribution in [-0.4, -0.2) is 42.5 Å². The first-order valence-electron chi connectivity index (χ1n) is 9.46. The van der Waals surface area contributed by atoms with E-state index in [1.54, 1.807) is 0 Å². The predicted octanol–water partition coefficient (Wildman–Crippen LogP) is 4.64. The molecule has 0 unspecified atom stereocenters. The van der Waals surface area contributed by atoms with E-state index in [-0.39, 0.29) is 0 Å². The summed E-state index contributed by atoms with van der Waals surface area (Å²) in [6.07, 6.45) is 4.51. The van der Waals surface area contributed by atoms with E-state index in [1.165, 1.54) is 16.7 Å². The van der Waals surface area contributed by atoms with Crippen molar-refractivity contribution in [3.05, 3.63) is 77.4 Å². The highest BCUT2D eigenvalue weighted by atomic mass is 15.3. The van der Waals surface area contributed by atoms with Crippen LogP contribution >= 0.6 is 0 Å². The summed E-state index contributed by atoms with van der Waals surface area (Å²) in [5.74, 6) is 0.613. The first-order valence-corrected chi connectivity index (χ1v) is 9.46. The lowest BCUT2D eigenvalue weighted by molar-refractivity contribution is 0.137. The van der Waals surface area contributed by atoms with Crippen molar-refractivity contribution < 1.29 is 0 Å². The minimum Gasteiger partial charge on any atom is -0.297 e. The molecule has 0 atom stereocenters. The first kappa shape index (κ1) is 17.9. The summed E-state index contributed by atoms with van der Waals surface area (Å²) in [4.78, 5) is 5.11. The van der Waals surface area contributed by atoms with E-state index in [2.05, 4.69) is 90.4 Å². The quantitative estimate of drug-likeness (QED) is 0.759. The summed E-state index contributed by atoms with van der Waals surface area (Å²) >= 11 is 0. The molecular weight excluding hydrogens is 304 g/mol. The van der Waals surface area contributed by atoms with E-state index >= 15 is 0 Å². The maximum absolute atomic E-state index is 2.57. The van der Waals surface area contributed by atoms with E-state index in [1.807, 2.05) is 0 Å². The Kier molecular flexibility index (Phi) is 6.43. The van der Waals surface area contributed by atoms with Crippen LogP contribution in [0.4, 0.5) is 0 Å². The average molecular weight is 335 g/mol. The van der Waals surface area contributed by atoms with Gasteiger partial charge in [0.1, 0.15) is 0 Å². The van der Waals surface area contributed by atoms with Crippen molar-refractivity contribution in [3.8, 4) is 0 Å². The third kappa shape index (κ3) is 5.55. The zero-order valence-corrected chi connectivity index (χ0v) is 15.6. The van der Waals surface area contributed by atoms with Crippen LogP contribution in [0.5, 0.6) is 0 Å². The fraction of sp³-hybridized carbons (Fsp3) is 0.391. The lowest BCUT2D eigenvalue weighted by Gasteiger charge is -2.34. The van der Waals surface area contributed by atoms with Crippen LogP contribution in [0, 0.1) is 0 Å². The molecule has 0 N–H and O–H groups in total. The molecule has 25 heavy (non-hydrogen) atoms. The molecule has 0 aromatic heterocycles. The molecule has 1 fully saturated rings. The van der Waals surface area contributed by atoms with Crippen LogP contribution in [0.3, 0.4) is 0 Å². The first-order chi connectivity index (χ1) is 12.2. The van der Waals surface area contributed by atoms with Crippen molar-refractivity contribution >= 4 is 6.08 Å². The van der Waals surface area contributed by atoms with Crippen LogP contribution in [0.15, 0.2) is 60.7 Å². The second-order valence-corrected chi connectivity index (χ2v) is 7.29. The fourth-order valence-electron chi connectivity index (χ4n) is 3.30. The number of rotatable bonds is 6. The van der Waals surface area contributed by atoms with Gasteiger partial charge in [-0.3, -0.25) is 9.80 Å². The van der Waals surface area contributed by atoms with Gasteiger partial charge in [-0.05, 0) is 22.6 Å². The minimum absolute atomic E-state index is 0.613. The molecule has 0 saturated carbocycles. The van der Waals surface area contributed by atoms with Crippen LogP contribution in [-0.2, 0) is 6.54 Å². The predicted molar refractivity (Wildman–Crippen MR) is 108 cm³/mol. The Morgan fingerprint density at radius 1 is 0.840 bits per heavy atom. The molecule has 0 aliphatic carbocycles. The van der Waals surface area contributed by atoms with E-state index in [0.717, 1.165) is 39.3 Å². The normalized spacial score (nSPS) is 16.8. The van der Waals surface area contributed by atoms with Gasteiger partial charge in [-0.2, -0.15) is 0 Å². The average Bonchev–Trinajstić information content (AvgIpc) is 2.64. The van der Waals surface area contributed by atoms with Gasteiger partial charge in [0.25, 0.3) is 0 Å². The van der Waals surface area contributed by atoms with Crippen LogP contribution in [0.2, 0.25) is 0 Å². The number of benzene rings is 2. The molecule has 1 aliphatic heterocycles. The molecular formula is C23H30N2. The Hall–Kier alpha value is -1.90. The van der Waals surface area contributed by atoms with Crippen molar-refractivity contribution in [2.45, 2.75) is 26.3 Å². The molecule has 132 valence electrons. The molecule has 0 radical (unpaired) electrons. The largest absolute Gasteiger partial charge is 0.297 e. The SMILES string of the molecule is CC(C)c1ccc(CN2CCN(CC=Cc3ccccc3)CC2)cc1. The zero-order chi connectivity index (χ0) is 17.5. The van der Waals surface area contributed by atoms with Crippen LogP contribution in [0.25, 0.3) is 6.08 Å². The summed E-state index contributed by atoms with van der Waals surface area (Å²) in [7, 11) is 0. The van der Waals surface area contributed by atoms with E-state index in [9.17, 15) is 0 Å². The van der Waals surface area contributed by atoms with E-state index in [4.69, 9.17) is 0 Å². The van der Waals surface area contributed by atoms with Gasteiger partial charge in [0.2, 0.25) is 0 Å². The monoisotopic (exact) mass is 334 g/mol. The summed E-state index contributed by atoms with van der Waals surface area (Å²) < 4.78 is 0.